The number of aromatic nitrogens is 2. The Bertz CT molecular complexity index is 557. The summed E-state index contributed by atoms with van der Waals surface area (Å²) in [5, 5.41) is 8.93. The van der Waals surface area contributed by atoms with Gasteiger partial charge in [0.1, 0.15) is 5.82 Å². The van der Waals surface area contributed by atoms with Gasteiger partial charge in [-0.2, -0.15) is 5.26 Å². The molecule has 84 valence electrons. The maximum absolute atomic E-state index is 8.93. The number of nitrogens with zero attached hydrogens (tertiary/aromatic N) is 4. The minimum atomic E-state index is 0.614. The number of nitriles is 1. The molecule has 2 aromatic rings. The van der Waals surface area contributed by atoms with Crippen molar-refractivity contribution in [3.05, 3.63) is 47.9 Å². The molecule has 0 aliphatic rings. The molecule has 4 heteroatoms. The SMILES string of the molecule is Cc1cc(C#N)cc(N(C)c2cccnc2)n1. The maximum Gasteiger partial charge on any atom is 0.134 e. The highest BCUT2D eigenvalue weighted by Crippen LogP contribution is 2.21. The van der Waals surface area contributed by atoms with Gasteiger partial charge in [-0.05, 0) is 31.2 Å². The van der Waals surface area contributed by atoms with Crippen molar-refractivity contribution in [1.29, 1.82) is 5.26 Å². The summed E-state index contributed by atoms with van der Waals surface area (Å²) < 4.78 is 0. The van der Waals surface area contributed by atoms with Crippen LogP contribution in [0.4, 0.5) is 11.5 Å². The highest BCUT2D eigenvalue weighted by atomic mass is 15.2. The summed E-state index contributed by atoms with van der Waals surface area (Å²) in [6.07, 6.45) is 3.48. The number of hydrogen-bond acceptors (Lipinski definition) is 4. The summed E-state index contributed by atoms with van der Waals surface area (Å²) in [6.45, 7) is 1.88. The molecule has 0 fully saturated rings. The van der Waals surface area contributed by atoms with Crippen LogP contribution in [0.1, 0.15) is 11.3 Å². The van der Waals surface area contributed by atoms with E-state index in [1.54, 1.807) is 24.5 Å². The van der Waals surface area contributed by atoms with E-state index in [1.807, 2.05) is 31.0 Å². The lowest BCUT2D eigenvalue weighted by Crippen LogP contribution is -2.12. The molecule has 2 rings (SSSR count). The third kappa shape index (κ3) is 2.40. The Hall–Kier alpha value is -2.41. The van der Waals surface area contributed by atoms with Crippen LogP contribution in [0.5, 0.6) is 0 Å². The molecule has 2 aromatic heterocycles. The molecule has 0 aliphatic carbocycles. The Morgan fingerprint density at radius 3 is 2.82 bits per heavy atom. The lowest BCUT2D eigenvalue weighted by molar-refractivity contribution is 1.08. The topological polar surface area (TPSA) is 52.8 Å². The number of hydrogen-bond donors (Lipinski definition) is 0. The lowest BCUT2D eigenvalue weighted by atomic mass is 10.2. The van der Waals surface area contributed by atoms with Crippen molar-refractivity contribution < 1.29 is 0 Å². The van der Waals surface area contributed by atoms with Gasteiger partial charge in [-0.3, -0.25) is 4.98 Å². The molecule has 0 spiro atoms. The first-order chi connectivity index (χ1) is 8.20. The Kier molecular flexibility index (Phi) is 3.01. The first kappa shape index (κ1) is 11.1. The zero-order chi connectivity index (χ0) is 12.3. The fourth-order valence-corrected chi connectivity index (χ4v) is 1.57. The zero-order valence-electron chi connectivity index (χ0n) is 9.75. The summed E-state index contributed by atoms with van der Waals surface area (Å²) in [4.78, 5) is 10.4. The van der Waals surface area contributed by atoms with Crippen molar-refractivity contribution in [3.63, 3.8) is 0 Å². The zero-order valence-corrected chi connectivity index (χ0v) is 9.75. The molecule has 0 saturated carbocycles. The Balaban J connectivity index is 2.41. The third-order valence-corrected chi connectivity index (χ3v) is 2.45. The standard InChI is InChI=1S/C13H12N4/c1-10-6-11(8-14)7-13(16-10)17(2)12-4-3-5-15-9-12/h3-7,9H,1-2H3. The molecule has 0 amide bonds. The monoisotopic (exact) mass is 224 g/mol. The molecule has 0 radical (unpaired) electrons. The van der Waals surface area contributed by atoms with E-state index in [1.165, 1.54) is 0 Å². The summed E-state index contributed by atoms with van der Waals surface area (Å²) in [5.41, 5.74) is 2.38. The molecular formula is C13H12N4. The number of anilines is 2. The predicted octanol–water partition coefficient (Wildman–Crippen LogP) is 2.42. The van der Waals surface area contributed by atoms with Crippen molar-refractivity contribution in [2.45, 2.75) is 6.92 Å². The van der Waals surface area contributed by atoms with Gasteiger partial charge in [-0.25, -0.2) is 4.98 Å². The largest absolute Gasteiger partial charge is 0.328 e. The highest BCUT2D eigenvalue weighted by Gasteiger charge is 2.07. The predicted molar refractivity (Wildman–Crippen MR) is 66.0 cm³/mol. The minimum absolute atomic E-state index is 0.614. The van der Waals surface area contributed by atoms with Crippen molar-refractivity contribution in [1.82, 2.24) is 9.97 Å². The highest BCUT2D eigenvalue weighted by molar-refractivity contribution is 5.59. The molecule has 0 bridgehead atoms. The van der Waals surface area contributed by atoms with Crippen molar-refractivity contribution in [2.24, 2.45) is 0 Å². The first-order valence-electron chi connectivity index (χ1n) is 5.23. The maximum atomic E-state index is 8.93. The van der Waals surface area contributed by atoms with Gasteiger partial charge in [0.2, 0.25) is 0 Å². The second-order valence-electron chi connectivity index (χ2n) is 3.74. The van der Waals surface area contributed by atoms with Gasteiger partial charge in [0.15, 0.2) is 0 Å². The van der Waals surface area contributed by atoms with E-state index in [0.717, 1.165) is 17.2 Å². The normalized spacial score (nSPS) is 9.71. The molecule has 0 unspecified atom stereocenters. The molecule has 2 heterocycles. The Labute approximate surface area is 100 Å². The molecule has 0 aliphatic heterocycles. The van der Waals surface area contributed by atoms with Crippen LogP contribution in [0.25, 0.3) is 0 Å². The van der Waals surface area contributed by atoms with Gasteiger partial charge in [0.25, 0.3) is 0 Å². The average Bonchev–Trinajstić information content (AvgIpc) is 2.38. The van der Waals surface area contributed by atoms with Crippen LogP contribution in [0.2, 0.25) is 0 Å². The number of pyridine rings is 2. The molecule has 17 heavy (non-hydrogen) atoms. The van der Waals surface area contributed by atoms with Crippen LogP contribution in [0, 0.1) is 18.3 Å². The number of rotatable bonds is 2. The van der Waals surface area contributed by atoms with Gasteiger partial charge < -0.3 is 4.90 Å². The van der Waals surface area contributed by atoms with E-state index in [4.69, 9.17) is 5.26 Å². The summed E-state index contributed by atoms with van der Waals surface area (Å²) in [5.74, 6) is 0.745. The molecule has 0 saturated heterocycles. The van der Waals surface area contributed by atoms with Gasteiger partial charge in [-0.1, -0.05) is 0 Å². The van der Waals surface area contributed by atoms with E-state index >= 15 is 0 Å². The summed E-state index contributed by atoms with van der Waals surface area (Å²) in [7, 11) is 1.90. The lowest BCUT2D eigenvalue weighted by Gasteiger charge is -2.18. The van der Waals surface area contributed by atoms with Crippen LogP contribution in [0.15, 0.2) is 36.7 Å². The van der Waals surface area contributed by atoms with E-state index in [0.29, 0.717) is 5.56 Å². The van der Waals surface area contributed by atoms with E-state index in [2.05, 4.69) is 16.0 Å². The van der Waals surface area contributed by atoms with Crippen molar-refractivity contribution >= 4 is 11.5 Å². The second kappa shape index (κ2) is 4.62. The van der Waals surface area contributed by atoms with E-state index < -0.39 is 0 Å². The minimum Gasteiger partial charge on any atom is -0.328 e. The third-order valence-electron chi connectivity index (χ3n) is 2.45. The average molecular weight is 224 g/mol. The summed E-state index contributed by atoms with van der Waals surface area (Å²) in [6, 6.07) is 9.48. The van der Waals surface area contributed by atoms with E-state index in [9.17, 15) is 0 Å². The molecular weight excluding hydrogens is 212 g/mol. The van der Waals surface area contributed by atoms with Crippen LogP contribution in [-0.2, 0) is 0 Å². The van der Waals surface area contributed by atoms with Gasteiger partial charge in [-0.15, -0.1) is 0 Å². The summed E-state index contributed by atoms with van der Waals surface area (Å²) >= 11 is 0. The van der Waals surface area contributed by atoms with Crippen LogP contribution < -0.4 is 4.90 Å². The fourth-order valence-electron chi connectivity index (χ4n) is 1.57. The Morgan fingerprint density at radius 2 is 2.18 bits per heavy atom. The van der Waals surface area contributed by atoms with Crippen LogP contribution >= 0.6 is 0 Å². The molecule has 0 atom stereocenters. The number of aryl methyl sites for hydroxylation is 1. The van der Waals surface area contributed by atoms with Crippen LogP contribution in [0.3, 0.4) is 0 Å². The van der Waals surface area contributed by atoms with Crippen LogP contribution in [-0.4, -0.2) is 17.0 Å². The fraction of sp³-hybridized carbons (Fsp3) is 0.154. The molecule has 4 nitrogen and oxygen atoms in total. The molecule has 0 N–H and O–H groups in total. The van der Waals surface area contributed by atoms with Gasteiger partial charge in [0, 0.05) is 18.9 Å². The smallest absolute Gasteiger partial charge is 0.134 e. The van der Waals surface area contributed by atoms with Gasteiger partial charge in [0.05, 0.1) is 23.5 Å². The van der Waals surface area contributed by atoms with Crippen molar-refractivity contribution in [3.8, 4) is 6.07 Å². The second-order valence-corrected chi connectivity index (χ2v) is 3.74. The van der Waals surface area contributed by atoms with E-state index in [-0.39, 0.29) is 0 Å². The van der Waals surface area contributed by atoms with Crippen molar-refractivity contribution in [2.75, 3.05) is 11.9 Å². The van der Waals surface area contributed by atoms with Gasteiger partial charge >= 0.3 is 0 Å². The Morgan fingerprint density at radius 1 is 1.35 bits per heavy atom. The molecule has 0 aromatic carbocycles. The first-order valence-corrected chi connectivity index (χ1v) is 5.23. The quantitative estimate of drug-likeness (QED) is 0.786.